The fourth-order valence-corrected chi connectivity index (χ4v) is 4.42. The third kappa shape index (κ3) is 10.1. The summed E-state index contributed by atoms with van der Waals surface area (Å²) in [5.41, 5.74) is 6.65. The van der Waals surface area contributed by atoms with Crippen LogP contribution in [0.2, 0.25) is 0 Å². The molecule has 0 amide bonds. The van der Waals surface area contributed by atoms with E-state index < -0.39 is 6.10 Å². The van der Waals surface area contributed by atoms with Crippen molar-refractivity contribution < 1.29 is 19.0 Å². The first-order chi connectivity index (χ1) is 20.6. The second-order valence-corrected chi connectivity index (χ2v) is 9.68. The highest BCUT2D eigenvalue weighted by atomic mass is 16.6. The van der Waals surface area contributed by atoms with Gasteiger partial charge >= 0.3 is 5.97 Å². The Hall–Kier alpha value is -4.67. The number of rotatable bonds is 14. The highest BCUT2D eigenvalue weighted by Gasteiger charge is 2.20. The van der Waals surface area contributed by atoms with Gasteiger partial charge in [0.25, 0.3) is 0 Å². The van der Waals surface area contributed by atoms with Crippen molar-refractivity contribution in [3.05, 3.63) is 143 Å². The van der Waals surface area contributed by atoms with E-state index in [0.717, 1.165) is 39.1 Å². The van der Waals surface area contributed by atoms with Gasteiger partial charge in [-0.1, -0.05) is 103 Å². The Morgan fingerprint density at radius 1 is 0.643 bits per heavy atom. The van der Waals surface area contributed by atoms with Gasteiger partial charge < -0.3 is 14.2 Å². The molecule has 214 valence electrons. The van der Waals surface area contributed by atoms with Crippen molar-refractivity contribution >= 4 is 36.3 Å². The summed E-state index contributed by atoms with van der Waals surface area (Å²) in [5.74, 6) is 0.432. The zero-order chi connectivity index (χ0) is 29.4. The molecule has 4 rings (SSSR count). The second kappa shape index (κ2) is 16.6. The molecular weight excluding hydrogens is 520 g/mol. The molecule has 0 heterocycles. The summed E-state index contributed by atoms with van der Waals surface area (Å²) in [6.45, 7) is 4.89. The Morgan fingerprint density at radius 2 is 1.17 bits per heavy atom. The van der Waals surface area contributed by atoms with E-state index in [-0.39, 0.29) is 5.97 Å². The lowest BCUT2D eigenvalue weighted by atomic mass is 10.0. The molecule has 42 heavy (non-hydrogen) atoms. The summed E-state index contributed by atoms with van der Waals surface area (Å²) >= 11 is 0. The number of carbonyl (C=O) groups excluding carboxylic acids is 1. The number of ether oxygens (including phenoxy) is 3. The van der Waals surface area contributed by atoms with E-state index in [4.69, 9.17) is 14.2 Å². The largest absolute Gasteiger partial charge is 0.490 e. The molecule has 0 spiro atoms. The van der Waals surface area contributed by atoms with E-state index in [1.165, 1.54) is 0 Å². The molecule has 0 unspecified atom stereocenters. The Balaban J connectivity index is 1.41. The first-order valence-electron chi connectivity index (χ1n) is 14.4. The van der Waals surface area contributed by atoms with Crippen LogP contribution in [-0.4, -0.2) is 31.9 Å². The lowest BCUT2D eigenvalue weighted by Crippen LogP contribution is -2.28. The smallest absolute Gasteiger partial charge is 0.335 e. The van der Waals surface area contributed by atoms with Gasteiger partial charge in [-0.2, -0.15) is 0 Å². The van der Waals surface area contributed by atoms with Crippen molar-refractivity contribution in [2.75, 3.05) is 19.8 Å². The molecule has 4 aromatic carbocycles. The third-order valence-corrected chi connectivity index (χ3v) is 6.45. The van der Waals surface area contributed by atoms with E-state index in [9.17, 15) is 4.79 Å². The van der Waals surface area contributed by atoms with E-state index in [1.807, 2.05) is 73.7 Å². The first kappa shape index (κ1) is 30.3. The van der Waals surface area contributed by atoms with Gasteiger partial charge in [-0.15, -0.1) is 0 Å². The highest BCUT2D eigenvalue weighted by Crippen LogP contribution is 2.19. The first-order valence-corrected chi connectivity index (χ1v) is 14.4. The topological polar surface area (TPSA) is 44.8 Å². The van der Waals surface area contributed by atoms with Crippen LogP contribution in [0.4, 0.5) is 0 Å². The summed E-state index contributed by atoms with van der Waals surface area (Å²) < 4.78 is 16.7. The van der Waals surface area contributed by atoms with Gasteiger partial charge in [0.15, 0.2) is 6.10 Å². The van der Waals surface area contributed by atoms with Crippen LogP contribution < -0.4 is 4.74 Å². The predicted molar refractivity (Wildman–Crippen MR) is 174 cm³/mol. The Morgan fingerprint density at radius 3 is 1.69 bits per heavy atom. The summed E-state index contributed by atoms with van der Waals surface area (Å²) in [7, 11) is 0. The van der Waals surface area contributed by atoms with Crippen LogP contribution in [-0.2, 0) is 20.7 Å². The SMILES string of the molecule is CCOC(=O)[C@H](Cc1ccc(OC/C=C/c2cc(C=Cc3ccccc3)cc(C=Cc3ccccc3)c2)cc1)OCC. The Labute approximate surface area is 249 Å². The zero-order valence-electron chi connectivity index (χ0n) is 24.3. The Bertz CT molecular complexity index is 1400. The number of hydrogen-bond donors (Lipinski definition) is 0. The predicted octanol–water partition coefficient (Wildman–Crippen LogP) is 8.63. The van der Waals surface area contributed by atoms with Crippen molar-refractivity contribution in [1.82, 2.24) is 0 Å². The molecule has 0 saturated carbocycles. The van der Waals surface area contributed by atoms with Gasteiger partial charge in [0.1, 0.15) is 12.4 Å². The van der Waals surface area contributed by atoms with Crippen molar-refractivity contribution in [3.63, 3.8) is 0 Å². The fraction of sp³-hybridized carbons (Fsp3) is 0.184. The summed E-state index contributed by atoms with van der Waals surface area (Å²) in [6.07, 6.45) is 12.5. The molecule has 0 aliphatic carbocycles. The molecule has 1 atom stereocenters. The molecule has 0 saturated heterocycles. The van der Waals surface area contributed by atoms with Gasteiger partial charge in [-0.25, -0.2) is 4.79 Å². The van der Waals surface area contributed by atoms with Crippen LogP contribution in [0.3, 0.4) is 0 Å². The maximum absolute atomic E-state index is 12.2. The molecule has 0 aliphatic rings. The van der Waals surface area contributed by atoms with Crippen molar-refractivity contribution in [3.8, 4) is 5.75 Å². The molecule has 0 aliphatic heterocycles. The van der Waals surface area contributed by atoms with Gasteiger partial charge in [0, 0.05) is 13.0 Å². The molecule has 0 N–H and O–H groups in total. The zero-order valence-corrected chi connectivity index (χ0v) is 24.3. The lowest BCUT2D eigenvalue weighted by molar-refractivity contribution is -0.156. The normalized spacial score (nSPS) is 12.2. The molecule has 4 aromatic rings. The standard InChI is InChI=1S/C38H38O4/c1-3-40-37(38(39)41-4-2)29-32-21-23-36(24-22-32)42-25-11-16-33-26-34(19-17-30-12-7-5-8-13-30)28-35(27-33)20-18-31-14-9-6-10-15-31/h5-24,26-28,37H,3-4,25,29H2,1-2H3/b16-11+,19-17?,20-18?/t37-/m0/s1. The minimum Gasteiger partial charge on any atom is -0.490 e. The van der Waals surface area contributed by atoms with E-state index in [1.54, 1.807) is 6.92 Å². The van der Waals surface area contributed by atoms with Gasteiger partial charge in [-0.3, -0.25) is 0 Å². The molecule has 0 aromatic heterocycles. The van der Waals surface area contributed by atoms with Crippen LogP contribution in [0.5, 0.6) is 5.75 Å². The molecule has 0 radical (unpaired) electrons. The molecular formula is C38H38O4. The second-order valence-electron chi connectivity index (χ2n) is 9.68. The van der Waals surface area contributed by atoms with Gasteiger partial charge in [0.2, 0.25) is 0 Å². The van der Waals surface area contributed by atoms with Gasteiger partial charge in [-0.05, 0) is 83.6 Å². The summed E-state index contributed by atoms with van der Waals surface area (Å²) in [4.78, 5) is 12.2. The number of carbonyl (C=O) groups is 1. The summed E-state index contributed by atoms with van der Waals surface area (Å²) in [5, 5.41) is 0. The lowest BCUT2D eigenvalue weighted by Gasteiger charge is -2.15. The third-order valence-electron chi connectivity index (χ3n) is 6.45. The van der Waals surface area contributed by atoms with Crippen LogP contribution in [0.1, 0.15) is 47.2 Å². The Kier molecular flexibility index (Phi) is 11.9. The van der Waals surface area contributed by atoms with E-state index in [2.05, 4.69) is 72.8 Å². The van der Waals surface area contributed by atoms with Crippen LogP contribution >= 0.6 is 0 Å². The molecule has 0 bridgehead atoms. The van der Waals surface area contributed by atoms with E-state index in [0.29, 0.717) is 26.2 Å². The minimum absolute atomic E-state index is 0.330. The van der Waals surface area contributed by atoms with Crippen molar-refractivity contribution in [1.29, 1.82) is 0 Å². The molecule has 4 heteroatoms. The van der Waals surface area contributed by atoms with Crippen LogP contribution in [0.15, 0.2) is 109 Å². The van der Waals surface area contributed by atoms with E-state index >= 15 is 0 Å². The average Bonchev–Trinajstić information content (AvgIpc) is 3.03. The van der Waals surface area contributed by atoms with Crippen LogP contribution in [0, 0.1) is 0 Å². The highest BCUT2D eigenvalue weighted by molar-refractivity contribution is 5.76. The quantitative estimate of drug-likeness (QED) is 0.115. The van der Waals surface area contributed by atoms with Crippen molar-refractivity contribution in [2.45, 2.75) is 26.4 Å². The maximum atomic E-state index is 12.2. The maximum Gasteiger partial charge on any atom is 0.335 e. The van der Waals surface area contributed by atoms with Crippen molar-refractivity contribution in [2.24, 2.45) is 0 Å². The minimum atomic E-state index is -0.601. The fourth-order valence-electron chi connectivity index (χ4n) is 4.42. The number of hydrogen-bond acceptors (Lipinski definition) is 4. The van der Waals surface area contributed by atoms with Crippen LogP contribution in [0.25, 0.3) is 30.4 Å². The summed E-state index contributed by atoms with van der Waals surface area (Å²) in [6, 6.07) is 34.9. The number of esters is 1. The van der Waals surface area contributed by atoms with Gasteiger partial charge in [0.05, 0.1) is 6.61 Å². The average molecular weight is 559 g/mol. The number of benzene rings is 4. The monoisotopic (exact) mass is 558 g/mol. The molecule has 4 nitrogen and oxygen atoms in total. The molecule has 0 fully saturated rings.